The molecule has 0 aliphatic heterocycles. The Morgan fingerprint density at radius 3 is 2.43 bits per heavy atom. The molecule has 1 heterocycles. The molecular formula is C6H2F4N2O2. The first kappa shape index (κ1) is 10.4. The third-order valence-electron chi connectivity index (χ3n) is 1.37. The molecule has 0 fully saturated rings. The van der Waals surface area contributed by atoms with Crippen molar-refractivity contribution < 1.29 is 22.5 Å². The van der Waals surface area contributed by atoms with E-state index in [1.807, 2.05) is 0 Å². The van der Waals surface area contributed by atoms with Gasteiger partial charge in [-0.3, -0.25) is 10.1 Å². The summed E-state index contributed by atoms with van der Waals surface area (Å²) in [4.78, 5) is 11.3. The Balaban J connectivity index is 3.44. The molecule has 0 saturated carbocycles. The van der Waals surface area contributed by atoms with Crippen molar-refractivity contribution in [3.63, 3.8) is 0 Å². The molecule has 1 aromatic rings. The number of pyridine rings is 1. The first-order valence-electron chi connectivity index (χ1n) is 3.22. The van der Waals surface area contributed by atoms with Crippen molar-refractivity contribution in [3.8, 4) is 0 Å². The lowest BCUT2D eigenvalue weighted by atomic mass is 10.2. The van der Waals surface area contributed by atoms with Crippen LogP contribution in [0.3, 0.4) is 0 Å². The molecule has 0 radical (unpaired) electrons. The lowest BCUT2D eigenvalue weighted by Gasteiger charge is -2.01. The van der Waals surface area contributed by atoms with Crippen LogP contribution in [0.2, 0.25) is 0 Å². The smallest absolute Gasteiger partial charge is 0.258 e. The molecule has 1 rings (SSSR count). The van der Waals surface area contributed by atoms with E-state index in [9.17, 15) is 27.7 Å². The zero-order chi connectivity index (χ0) is 10.9. The van der Waals surface area contributed by atoms with Crippen molar-refractivity contribution in [1.82, 2.24) is 4.98 Å². The predicted octanol–water partition coefficient (Wildman–Crippen LogP) is 2.21. The van der Waals surface area contributed by atoms with Gasteiger partial charge in [0, 0.05) is 0 Å². The fraction of sp³-hybridized carbons (Fsp3) is 0.167. The molecule has 14 heavy (non-hydrogen) atoms. The first-order chi connectivity index (χ1) is 6.43. The van der Waals surface area contributed by atoms with Gasteiger partial charge in [-0.05, 0) is 0 Å². The number of rotatable bonds is 2. The molecule has 0 atom stereocenters. The van der Waals surface area contributed by atoms with Gasteiger partial charge in [0.15, 0.2) is 5.56 Å². The Hall–Kier alpha value is -1.73. The number of hydrogen-bond donors (Lipinski definition) is 0. The summed E-state index contributed by atoms with van der Waals surface area (Å²) in [5, 5.41) is 10.1. The topological polar surface area (TPSA) is 56.0 Å². The van der Waals surface area contributed by atoms with Gasteiger partial charge in [0.05, 0.1) is 11.0 Å². The Morgan fingerprint density at radius 1 is 1.43 bits per heavy atom. The van der Waals surface area contributed by atoms with Crippen molar-refractivity contribution in [2.45, 2.75) is 6.43 Å². The van der Waals surface area contributed by atoms with Crippen molar-refractivity contribution in [3.05, 3.63) is 33.6 Å². The number of alkyl halides is 2. The fourth-order valence-electron chi connectivity index (χ4n) is 0.835. The normalized spacial score (nSPS) is 10.6. The maximum Gasteiger partial charge on any atom is 0.287 e. The van der Waals surface area contributed by atoms with Crippen LogP contribution in [0.15, 0.2) is 6.07 Å². The highest BCUT2D eigenvalue weighted by atomic mass is 19.3. The van der Waals surface area contributed by atoms with E-state index in [1.54, 1.807) is 0 Å². The van der Waals surface area contributed by atoms with Crippen LogP contribution in [0.5, 0.6) is 0 Å². The minimum Gasteiger partial charge on any atom is -0.258 e. The second-order valence-corrected chi connectivity index (χ2v) is 2.23. The summed E-state index contributed by atoms with van der Waals surface area (Å²) in [6, 6.07) is 0.143. The van der Waals surface area contributed by atoms with E-state index in [1.165, 1.54) is 0 Å². The van der Waals surface area contributed by atoms with Gasteiger partial charge in [0.25, 0.3) is 12.1 Å². The molecule has 0 aromatic carbocycles. The molecule has 0 aliphatic rings. The van der Waals surface area contributed by atoms with Gasteiger partial charge in [0.1, 0.15) is 0 Å². The number of nitrogens with zero attached hydrogens (tertiary/aromatic N) is 2. The van der Waals surface area contributed by atoms with Gasteiger partial charge in [-0.1, -0.05) is 0 Å². The summed E-state index contributed by atoms with van der Waals surface area (Å²) in [7, 11) is 0. The highest BCUT2D eigenvalue weighted by molar-refractivity contribution is 5.39. The van der Waals surface area contributed by atoms with Crippen LogP contribution in [0.4, 0.5) is 23.2 Å². The molecular weight excluding hydrogens is 208 g/mol. The molecule has 76 valence electrons. The van der Waals surface area contributed by atoms with Crippen molar-refractivity contribution in [1.29, 1.82) is 0 Å². The molecule has 8 heteroatoms. The second kappa shape index (κ2) is 3.56. The summed E-state index contributed by atoms with van der Waals surface area (Å²) < 4.78 is 49.1. The highest BCUT2D eigenvalue weighted by Gasteiger charge is 2.28. The summed E-state index contributed by atoms with van der Waals surface area (Å²) in [6.07, 6.45) is -3.41. The van der Waals surface area contributed by atoms with Crippen LogP contribution < -0.4 is 0 Å². The van der Waals surface area contributed by atoms with Gasteiger partial charge in [-0.2, -0.15) is 13.8 Å². The van der Waals surface area contributed by atoms with Gasteiger partial charge in [-0.25, -0.2) is 8.78 Å². The minimum absolute atomic E-state index is 0.143. The highest BCUT2D eigenvalue weighted by Crippen LogP contribution is 2.30. The third-order valence-corrected chi connectivity index (χ3v) is 1.37. The zero-order valence-electron chi connectivity index (χ0n) is 6.38. The molecule has 1 aromatic heterocycles. The standard InChI is InChI=1S/C6H2F4N2O2/c7-3-1-2(12(13)14)4(5(8)9)6(10)11-3/h1,5H. The van der Waals surface area contributed by atoms with Gasteiger partial charge < -0.3 is 0 Å². The van der Waals surface area contributed by atoms with E-state index in [4.69, 9.17) is 0 Å². The molecule has 0 saturated heterocycles. The van der Waals surface area contributed by atoms with Crippen LogP contribution in [-0.2, 0) is 0 Å². The number of hydrogen-bond acceptors (Lipinski definition) is 3. The fourth-order valence-corrected chi connectivity index (χ4v) is 0.835. The Morgan fingerprint density at radius 2 is 2.00 bits per heavy atom. The largest absolute Gasteiger partial charge is 0.287 e. The Bertz CT molecular complexity index is 382. The molecule has 0 aliphatic carbocycles. The van der Waals surface area contributed by atoms with Gasteiger partial charge in [-0.15, -0.1) is 0 Å². The average molecular weight is 210 g/mol. The average Bonchev–Trinajstić information content (AvgIpc) is 2.01. The molecule has 4 nitrogen and oxygen atoms in total. The Labute approximate surface area is 74.3 Å². The first-order valence-corrected chi connectivity index (χ1v) is 3.22. The lowest BCUT2D eigenvalue weighted by molar-refractivity contribution is -0.386. The van der Waals surface area contributed by atoms with Gasteiger partial charge >= 0.3 is 0 Å². The van der Waals surface area contributed by atoms with E-state index in [-0.39, 0.29) is 6.07 Å². The lowest BCUT2D eigenvalue weighted by Crippen LogP contribution is -2.03. The SMILES string of the molecule is O=[N+]([O-])c1cc(F)nc(F)c1C(F)F. The number of nitro groups is 1. The maximum absolute atomic E-state index is 12.6. The van der Waals surface area contributed by atoms with E-state index in [0.29, 0.717) is 0 Å². The van der Waals surface area contributed by atoms with Crippen molar-refractivity contribution >= 4 is 5.69 Å². The molecule has 0 amide bonds. The summed E-state index contributed by atoms with van der Waals surface area (Å²) >= 11 is 0. The molecule has 0 spiro atoms. The van der Waals surface area contributed by atoms with E-state index < -0.39 is 34.5 Å². The second-order valence-electron chi connectivity index (χ2n) is 2.23. The van der Waals surface area contributed by atoms with Crippen LogP contribution in [0.25, 0.3) is 0 Å². The Kier molecular flexibility index (Phi) is 2.63. The predicted molar refractivity (Wildman–Crippen MR) is 35.8 cm³/mol. The van der Waals surface area contributed by atoms with Gasteiger partial charge in [0.2, 0.25) is 11.9 Å². The summed E-state index contributed by atoms with van der Waals surface area (Å²) in [5.41, 5.74) is -2.82. The quantitative estimate of drug-likeness (QED) is 0.325. The van der Waals surface area contributed by atoms with E-state index >= 15 is 0 Å². The van der Waals surface area contributed by atoms with Crippen LogP contribution in [-0.4, -0.2) is 9.91 Å². The maximum atomic E-state index is 12.6. The van der Waals surface area contributed by atoms with Crippen molar-refractivity contribution in [2.24, 2.45) is 0 Å². The molecule has 0 N–H and O–H groups in total. The van der Waals surface area contributed by atoms with Crippen LogP contribution in [0.1, 0.15) is 12.0 Å². The van der Waals surface area contributed by atoms with Crippen LogP contribution in [0, 0.1) is 22.0 Å². The van der Waals surface area contributed by atoms with E-state index in [2.05, 4.69) is 4.98 Å². The summed E-state index contributed by atoms with van der Waals surface area (Å²) in [5.74, 6) is -3.38. The minimum atomic E-state index is -3.41. The number of aromatic nitrogens is 1. The third kappa shape index (κ3) is 1.78. The van der Waals surface area contributed by atoms with Crippen LogP contribution >= 0.6 is 0 Å². The molecule has 0 bridgehead atoms. The monoisotopic (exact) mass is 210 g/mol. The van der Waals surface area contributed by atoms with E-state index in [0.717, 1.165) is 0 Å². The zero-order valence-corrected chi connectivity index (χ0v) is 6.38. The van der Waals surface area contributed by atoms with Crippen molar-refractivity contribution in [2.75, 3.05) is 0 Å². The molecule has 0 unspecified atom stereocenters. The number of halogens is 4. The summed E-state index contributed by atoms with van der Waals surface area (Å²) in [6.45, 7) is 0.